The van der Waals surface area contributed by atoms with Crippen LogP contribution in [0.3, 0.4) is 0 Å². The normalized spacial score (nSPS) is 31.9. The molecule has 0 bridgehead atoms. The van der Waals surface area contributed by atoms with E-state index in [4.69, 9.17) is 0 Å². The van der Waals surface area contributed by atoms with Crippen molar-refractivity contribution < 1.29 is 8.42 Å². The third kappa shape index (κ3) is 3.43. The van der Waals surface area contributed by atoms with Crippen LogP contribution in [0.1, 0.15) is 25.7 Å². The van der Waals surface area contributed by atoms with Gasteiger partial charge in [0.05, 0.1) is 11.5 Å². The van der Waals surface area contributed by atoms with Crippen molar-refractivity contribution in [3.05, 3.63) is 0 Å². The fourth-order valence-electron chi connectivity index (χ4n) is 2.33. The highest BCUT2D eigenvalue weighted by Crippen LogP contribution is 2.12. The zero-order valence-electron chi connectivity index (χ0n) is 9.04. The summed E-state index contributed by atoms with van der Waals surface area (Å²) in [6.07, 6.45) is 4.09. The Kier molecular flexibility index (Phi) is 3.64. The van der Waals surface area contributed by atoms with E-state index < -0.39 is 9.84 Å². The number of hydrogen-bond donors (Lipinski definition) is 2. The van der Waals surface area contributed by atoms with Gasteiger partial charge in [0.1, 0.15) is 9.84 Å². The standard InChI is InChI=1S/C10H20N2O2S/c13-15(14)6-3-9(4-7-15)12-8-10-2-1-5-11-10/h9-12H,1-8H2. The van der Waals surface area contributed by atoms with E-state index in [-0.39, 0.29) is 0 Å². The second kappa shape index (κ2) is 4.80. The molecule has 1 atom stereocenters. The molecule has 0 aliphatic carbocycles. The van der Waals surface area contributed by atoms with Gasteiger partial charge in [-0.05, 0) is 32.2 Å². The monoisotopic (exact) mass is 232 g/mol. The van der Waals surface area contributed by atoms with Crippen molar-refractivity contribution in [2.75, 3.05) is 24.6 Å². The number of sulfone groups is 1. The molecule has 2 saturated heterocycles. The summed E-state index contributed by atoms with van der Waals surface area (Å²) in [6, 6.07) is 1.01. The van der Waals surface area contributed by atoms with Crippen LogP contribution in [0.15, 0.2) is 0 Å². The minimum Gasteiger partial charge on any atom is -0.313 e. The van der Waals surface area contributed by atoms with Crippen LogP contribution >= 0.6 is 0 Å². The van der Waals surface area contributed by atoms with Gasteiger partial charge in [-0.1, -0.05) is 0 Å². The van der Waals surface area contributed by atoms with Gasteiger partial charge in [0.25, 0.3) is 0 Å². The second-order valence-corrected chi connectivity index (χ2v) is 6.93. The van der Waals surface area contributed by atoms with Crippen molar-refractivity contribution in [1.82, 2.24) is 10.6 Å². The minimum atomic E-state index is -2.71. The van der Waals surface area contributed by atoms with E-state index in [1.54, 1.807) is 0 Å². The zero-order valence-corrected chi connectivity index (χ0v) is 9.85. The Labute approximate surface area is 91.7 Å². The molecule has 2 aliphatic heterocycles. The van der Waals surface area contributed by atoms with Crippen molar-refractivity contribution in [3.63, 3.8) is 0 Å². The summed E-state index contributed by atoms with van der Waals surface area (Å²) in [7, 11) is -2.71. The largest absolute Gasteiger partial charge is 0.313 e. The topological polar surface area (TPSA) is 58.2 Å². The molecule has 0 aromatic rings. The Morgan fingerprint density at radius 3 is 2.53 bits per heavy atom. The van der Waals surface area contributed by atoms with Crippen molar-refractivity contribution in [1.29, 1.82) is 0 Å². The fourth-order valence-corrected chi connectivity index (χ4v) is 3.83. The zero-order chi connectivity index (χ0) is 10.7. The van der Waals surface area contributed by atoms with Gasteiger partial charge in [0.15, 0.2) is 0 Å². The molecule has 0 saturated carbocycles. The lowest BCUT2D eigenvalue weighted by molar-refractivity contribution is 0.430. The molecule has 0 aromatic carbocycles. The van der Waals surface area contributed by atoms with Crippen LogP contribution in [-0.4, -0.2) is 45.1 Å². The SMILES string of the molecule is O=S1(=O)CCC(NCC2CCCN2)CC1. The van der Waals surface area contributed by atoms with Gasteiger partial charge in [-0.15, -0.1) is 0 Å². The fraction of sp³-hybridized carbons (Fsp3) is 1.00. The van der Waals surface area contributed by atoms with Gasteiger partial charge in [0, 0.05) is 18.6 Å². The molecule has 0 aromatic heterocycles. The molecule has 2 aliphatic rings. The summed E-state index contributed by atoms with van der Waals surface area (Å²) in [6.45, 7) is 2.12. The average Bonchev–Trinajstić information content (AvgIpc) is 2.69. The average molecular weight is 232 g/mol. The van der Waals surface area contributed by atoms with Crippen LogP contribution in [0.25, 0.3) is 0 Å². The Morgan fingerprint density at radius 2 is 1.93 bits per heavy atom. The lowest BCUT2D eigenvalue weighted by Gasteiger charge is -2.24. The molecule has 2 heterocycles. The summed E-state index contributed by atoms with van der Waals surface area (Å²) in [4.78, 5) is 0. The molecule has 4 nitrogen and oxygen atoms in total. The van der Waals surface area contributed by atoms with Gasteiger partial charge >= 0.3 is 0 Å². The van der Waals surface area contributed by atoms with E-state index in [0.717, 1.165) is 25.9 Å². The molecule has 0 spiro atoms. The third-order valence-electron chi connectivity index (χ3n) is 3.37. The van der Waals surface area contributed by atoms with Gasteiger partial charge < -0.3 is 10.6 Å². The van der Waals surface area contributed by atoms with Gasteiger partial charge in [-0.2, -0.15) is 0 Å². The first kappa shape index (κ1) is 11.4. The van der Waals surface area contributed by atoms with Crippen LogP contribution in [0.5, 0.6) is 0 Å². The molecule has 2 rings (SSSR count). The van der Waals surface area contributed by atoms with Crippen LogP contribution in [-0.2, 0) is 9.84 Å². The summed E-state index contributed by atoms with van der Waals surface area (Å²) < 4.78 is 22.4. The van der Waals surface area contributed by atoms with E-state index >= 15 is 0 Å². The lowest BCUT2D eigenvalue weighted by Crippen LogP contribution is -2.43. The van der Waals surface area contributed by atoms with E-state index in [1.807, 2.05) is 0 Å². The third-order valence-corrected chi connectivity index (χ3v) is 5.09. The maximum absolute atomic E-state index is 11.2. The number of hydrogen-bond acceptors (Lipinski definition) is 4. The number of nitrogens with one attached hydrogen (secondary N) is 2. The highest BCUT2D eigenvalue weighted by molar-refractivity contribution is 7.91. The maximum atomic E-state index is 11.2. The van der Waals surface area contributed by atoms with Crippen molar-refractivity contribution in [2.45, 2.75) is 37.8 Å². The molecule has 5 heteroatoms. The van der Waals surface area contributed by atoms with Gasteiger partial charge in [-0.3, -0.25) is 0 Å². The van der Waals surface area contributed by atoms with E-state index in [0.29, 0.717) is 23.6 Å². The summed E-state index contributed by atoms with van der Waals surface area (Å²) in [5.74, 6) is 0.728. The van der Waals surface area contributed by atoms with Crippen LogP contribution < -0.4 is 10.6 Å². The Balaban J connectivity index is 1.68. The molecule has 15 heavy (non-hydrogen) atoms. The Bertz CT molecular complexity index is 283. The van der Waals surface area contributed by atoms with Crippen LogP contribution in [0.2, 0.25) is 0 Å². The first-order valence-corrected chi connectivity index (χ1v) is 7.65. The molecule has 2 N–H and O–H groups in total. The van der Waals surface area contributed by atoms with Gasteiger partial charge in [-0.25, -0.2) is 8.42 Å². The maximum Gasteiger partial charge on any atom is 0.150 e. The first-order valence-electron chi connectivity index (χ1n) is 5.83. The Hall–Kier alpha value is -0.130. The smallest absolute Gasteiger partial charge is 0.150 e. The molecule has 88 valence electrons. The highest BCUT2D eigenvalue weighted by atomic mass is 32.2. The Morgan fingerprint density at radius 1 is 1.20 bits per heavy atom. The van der Waals surface area contributed by atoms with Gasteiger partial charge in [0.2, 0.25) is 0 Å². The highest BCUT2D eigenvalue weighted by Gasteiger charge is 2.24. The summed E-state index contributed by atoms with van der Waals surface area (Å²) >= 11 is 0. The van der Waals surface area contributed by atoms with E-state index in [9.17, 15) is 8.42 Å². The minimum absolute atomic E-state index is 0.364. The van der Waals surface area contributed by atoms with E-state index in [1.165, 1.54) is 12.8 Å². The molecular weight excluding hydrogens is 212 g/mol. The molecule has 1 unspecified atom stereocenters. The van der Waals surface area contributed by atoms with E-state index in [2.05, 4.69) is 10.6 Å². The van der Waals surface area contributed by atoms with Crippen LogP contribution in [0, 0.1) is 0 Å². The molecule has 0 radical (unpaired) electrons. The lowest BCUT2D eigenvalue weighted by atomic mass is 10.1. The van der Waals surface area contributed by atoms with Crippen molar-refractivity contribution >= 4 is 9.84 Å². The van der Waals surface area contributed by atoms with Crippen LogP contribution in [0.4, 0.5) is 0 Å². The number of rotatable bonds is 3. The summed E-state index contributed by atoms with van der Waals surface area (Å²) in [5, 5.41) is 6.91. The molecule has 0 amide bonds. The van der Waals surface area contributed by atoms with Crippen molar-refractivity contribution in [2.24, 2.45) is 0 Å². The van der Waals surface area contributed by atoms with Crippen molar-refractivity contribution in [3.8, 4) is 0 Å². The summed E-state index contributed by atoms with van der Waals surface area (Å²) in [5.41, 5.74) is 0. The second-order valence-electron chi connectivity index (χ2n) is 4.63. The molecule has 2 fully saturated rings. The predicted octanol–water partition coefficient (Wildman–Crippen LogP) is -0.0948. The predicted molar refractivity (Wildman–Crippen MR) is 60.7 cm³/mol. The molecular formula is C10H20N2O2S. The quantitative estimate of drug-likeness (QED) is 0.714. The first-order chi connectivity index (χ1) is 7.16.